The van der Waals surface area contributed by atoms with Crippen LogP contribution in [0.5, 0.6) is 0 Å². The fraction of sp³-hybridized carbons (Fsp3) is 0.500. The molecule has 0 radical (unpaired) electrons. The number of hydrogen-bond acceptors (Lipinski definition) is 1. The van der Waals surface area contributed by atoms with Crippen LogP contribution in [0.4, 0.5) is 10.1 Å². The Kier molecular flexibility index (Phi) is 1.76. The van der Waals surface area contributed by atoms with Crippen LogP contribution in [0.15, 0.2) is 18.2 Å². The van der Waals surface area contributed by atoms with Gasteiger partial charge in [0.2, 0.25) is 0 Å². The summed E-state index contributed by atoms with van der Waals surface area (Å²) in [5.74, 6) is 0.407. The molecule has 14 heavy (non-hydrogen) atoms. The number of fused-ring (bicyclic) bond motifs is 3. The van der Waals surface area contributed by atoms with Gasteiger partial charge in [0.15, 0.2) is 0 Å². The van der Waals surface area contributed by atoms with Crippen molar-refractivity contribution >= 4 is 5.69 Å². The van der Waals surface area contributed by atoms with E-state index in [1.54, 1.807) is 12.1 Å². The molecule has 0 saturated heterocycles. The highest BCUT2D eigenvalue weighted by Crippen LogP contribution is 2.44. The lowest BCUT2D eigenvalue weighted by molar-refractivity contribution is 0.413. The van der Waals surface area contributed by atoms with E-state index in [2.05, 4.69) is 5.32 Å². The quantitative estimate of drug-likeness (QED) is 0.663. The summed E-state index contributed by atoms with van der Waals surface area (Å²) in [5, 5.41) is 3.44. The Balaban J connectivity index is 2.06. The number of hydrogen-bond donors (Lipinski definition) is 1. The first-order chi connectivity index (χ1) is 6.86. The molecule has 1 aliphatic carbocycles. The van der Waals surface area contributed by atoms with Gasteiger partial charge in [-0.2, -0.15) is 0 Å². The third-order valence-corrected chi connectivity index (χ3v) is 3.53. The normalized spacial score (nSPS) is 29.2. The van der Waals surface area contributed by atoms with Gasteiger partial charge in [0.25, 0.3) is 0 Å². The van der Waals surface area contributed by atoms with Crippen LogP contribution in [-0.4, -0.2) is 6.04 Å². The average molecular weight is 191 g/mol. The fourth-order valence-electron chi connectivity index (χ4n) is 2.89. The van der Waals surface area contributed by atoms with E-state index in [0.717, 1.165) is 17.7 Å². The minimum Gasteiger partial charge on any atom is -0.381 e. The molecule has 1 aromatic rings. The van der Waals surface area contributed by atoms with Crippen molar-refractivity contribution in [3.05, 3.63) is 29.6 Å². The van der Waals surface area contributed by atoms with E-state index in [-0.39, 0.29) is 5.82 Å². The second-order valence-corrected chi connectivity index (χ2v) is 4.34. The molecular weight excluding hydrogens is 177 g/mol. The van der Waals surface area contributed by atoms with Gasteiger partial charge in [-0.3, -0.25) is 0 Å². The summed E-state index contributed by atoms with van der Waals surface area (Å²) in [7, 11) is 0. The van der Waals surface area contributed by atoms with Crippen LogP contribution in [0.3, 0.4) is 0 Å². The topological polar surface area (TPSA) is 12.0 Å². The maximum atomic E-state index is 13.6. The summed E-state index contributed by atoms with van der Waals surface area (Å²) in [4.78, 5) is 0. The van der Waals surface area contributed by atoms with E-state index < -0.39 is 0 Å². The average Bonchev–Trinajstić information content (AvgIpc) is 2.57. The molecule has 0 bridgehead atoms. The van der Waals surface area contributed by atoms with Crippen LogP contribution in [0.25, 0.3) is 0 Å². The molecule has 2 aliphatic rings. The first-order valence-corrected chi connectivity index (χ1v) is 5.41. The first-order valence-electron chi connectivity index (χ1n) is 5.41. The molecule has 2 unspecified atom stereocenters. The predicted octanol–water partition coefficient (Wildman–Crippen LogP) is 3.28. The Bertz CT molecular complexity index is 361. The number of rotatable bonds is 0. The monoisotopic (exact) mass is 191 g/mol. The SMILES string of the molecule is Fc1cccc2c1C1CCCCC1N2. The molecule has 0 spiro atoms. The molecule has 1 N–H and O–H groups in total. The molecule has 74 valence electrons. The molecule has 1 fully saturated rings. The molecule has 1 aliphatic heterocycles. The third kappa shape index (κ3) is 1.06. The molecular formula is C12H14FN. The van der Waals surface area contributed by atoms with Crippen molar-refractivity contribution in [2.45, 2.75) is 37.6 Å². The van der Waals surface area contributed by atoms with Crippen LogP contribution in [0, 0.1) is 5.82 Å². The molecule has 0 amide bonds. The highest BCUT2D eigenvalue weighted by Gasteiger charge is 2.35. The van der Waals surface area contributed by atoms with Crippen molar-refractivity contribution in [1.82, 2.24) is 0 Å². The third-order valence-electron chi connectivity index (χ3n) is 3.53. The van der Waals surface area contributed by atoms with Gasteiger partial charge in [-0.1, -0.05) is 18.9 Å². The van der Waals surface area contributed by atoms with Gasteiger partial charge in [0.05, 0.1) is 0 Å². The molecule has 0 aromatic heterocycles. The summed E-state index contributed by atoms with van der Waals surface area (Å²) < 4.78 is 13.6. The minimum absolute atomic E-state index is 0.0237. The lowest BCUT2D eigenvalue weighted by Crippen LogP contribution is -2.24. The standard InChI is InChI=1S/C12H14FN/c13-9-5-3-7-11-12(9)8-4-1-2-6-10(8)14-11/h3,5,7-8,10,14H,1-2,4,6H2. The van der Waals surface area contributed by atoms with E-state index in [4.69, 9.17) is 0 Å². The van der Waals surface area contributed by atoms with E-state index in [1.807, 2.05) is 6.07 Å². The summed E-state index contributed by atoms with van der Waals surface area (Å²) in [5.41, 5.74) is 1.97. The fourth-order valence-corrected chi connectivity index (χ4v) is 2.89. The van der Waals surface area contributed by atoms with Crippen molar-refractivity contribution in [3.63, 3.8) is 0 Å². The molecule has 1 nitrogen and oxygen atoms in total. The Hall–Kier alpha value is -1.05. The molecule has 3 rings (SSSR count). The minimum atomic E-state index is -0.0237. The van der Waals surface area contributed by atoms with Crippen LogP contribution in [-0.2, 0) is 0 Å². The molecule has 1 saturated carbocycles. The molecule has 2 heteroatoms. The molecule has 2 atom stereocenters. The highest BCUT2D eigenvalue weighted by molar-refractivity contribution is 5.60. The Labute approximate surface area is 83.3 Å². The van der Waals surface area contributed by atoms with E-state index in [0.29, 0.717) is 12.0 Å². The largest absolute Gasteiger partial charge is 0.381 e. The summed E-state index contributed by atoms with van der Waals surface area (Å²) in [6.45, 7) is 0. The highest BCUT2D eigenvalue weighted by atomic mass is 19.1. The van der Waals surface area contributed by atoms with Gasteiger partial charge in [-0.25, -0.2) is 4.39 Å². The number of anilines is 1. The zero-order valence-corrected chi connectivity index (χ0v) is 8.09. The lowest BCUT2D eigenvalue weighted by atomic mass is 9.82. The molecule has 1 aromatic carbocycles. The van der Waals surface area contributed by atoms with Crippen LogP contribution < -0.4 is 5.32 Å². The Morgan fingerprint density at radius 2 is 2.07 bits per heavy atom. The zero-order valence-electron chi connectivity index (χ0n) is 8.09. The zero-order chi connectivity index (χ0) is 9.54. The Morgan fingerprint density at radius 3 is 3.00 bits per heavy atom. The summed E-state index contributed by atoms with van der Waals surface area (Å²) in [6.07, 6.45) is 4.87. The van der Waals surface area contributed by atoms with Gasteiger partial charge in [0.1, 0.15) is 5.82 Å². The van der Waals surface area contributed by atoms with E-state index in [9.17, 15) is 4.39 Å². The Morgan fingerprint density at radius 1 is 1.21 bits per heavy atom. The van der Waals surface area contributed by atoms with Crippen LogP contribution in [0.1, 0.15) is 37.2 Å². The lowest BCUT2D eigenvalue weighted by Gasteiger charge is -2.25. The van der Waals surface area contributed by atoms with Gasteiger partial charge in [0, 0.05) is 23.2 Å². The smallest absolute Gasteiger partial charge is 0.128 e. The van der Waals surface area contributed by atoms with Gasteiger partial charge in [-0.15, -0.1) is 0 Å². The van der Waals surface area contributed by atoms with Crippen molar-refractivity contribution < 1.29 is 4.39 Å². The van der Waals surface area contributed by atoms with Crippen molar-refractivity contribution in [2.75, 3.05) is 5.32 Å². The van der Waals surface area contributed by atoms with E-state index in [1.165, 1.54) is 19.3 Å². The van der Waals surface area contributed by atoms with Gasteiger partial charge in [-0.05, 0) is 25.0 Å². The predicted molar refractivity (Wildman–Crippen MR) is 55.0 cm³/mol. The maximum Gasteiger partial charge on any atom is 0.128 e. The number of benzene rings is 1. The van der Waals surface area contributed by atoms with Gasteiger partial charge < -0.3 is 5.32 Å². The summed E-state index contributed by atoms with van der Waals surface area (Å²) in [6, 6.07) is 5.86. The van der Waals surface area contributed by atoms with Gasteiger partial charge >= 0.3 is 0 Å². The van der Waals surface area contributed by atoms with Crippen LogP contribution in [0.2, 0.25) is 0 Å². The number of nitrogens with one attached hydrogen (secondary N) is 1. The molecule has 1 heterocycles. The second kappa shape index (κ2) is 2.97. The van der Waals surface area contributed by atoms with Crippen molar-refractivity contribution in [1.29, 1.82) is 0 Å². The van der Waals surface area contributed by atoms with Crippen LogP contribution >= 0.6 is 0 Å². The maximum absolute atomic E-state index is 13.6. The van der Waals surface area contributed by atoms with E-state index >= 15 is 0 Å². The second-order valence-electron chi connectivity index (χ2n) is 4.34. The van der Waals surface area contributed by atoms with Crippen molar-refractivity contribution in [2.24, 2.45) is 0 Å². The number of halogens is 1. The first kappa shape index (κ1) is 8.27. The summed E-state index contributed by atoms with van der Waals surface area (Å²) >= 11 is 0. The van der Waals surface area contributed by atoms with Crippen molar-refractivity contribution in [3.8, 4) is 0 Å².